The highest BCUT2D eigenvalue weighted by atomic mass is 19.4. The van der Waals surface area contributed by atoms with Crippen LogP contribution in [0.4, 0.5) is 13.2 Å². The zero-order valence-electron chi connectivity index (χ0n) is 24.2. The number of hydrogen-bond donors (Lipinski definition) is 3. The van der Waals surface area contributed by atoms with Crippen molar-refractivity contribution in [3.63, 3.8) is 0 Å². The van der Waals surface area contributed by atoms with Crippen LogP contribution in [0.2, 0.25) is 0 Å². The third kappa shape index (κ3) is 5.16. The van der Waals surface area contributed by atoms with Gasteiger partial charge in [-0.2, -0.15) is 18.4 Å². The quantitative estimate of drug-likeness (QED) is 0.435. The monoisotopic (exact) mass is 567 g/mol. The van der Waals surface area contributed by atoms with Crippen molar-refractivity contribution < 1.29 is 32.3 Å². The molecule has 2 aliphatic heterocycles. The van der Waals surface area contributed by atoms with Gasteiger partial charge in [-0.15, -0.1) is 0 Å². The largest absolute Gasteiger partial charge is 0.402 e. The fraction of sp³-hybridized carbons (Fsp3) is 0.821. The van der Waals surface area contributed by atoms with Gasteiger partial charge in [-0.3, -0.25) is 19.2 Å². The molecule has 4 fully saturated rings. The third-order valence-electron chi connectivity index (χ3n) is 9.67. The highest BCUT2D eigenvalue weighted by molar-refractivity contribution is 5.95. The summed E-state index contributed by atoms with van der Waals surface area (Å²) in [6.07, 6.45) is -2.25. The summed E-state index contributed by atoms with van der Waals surface area (Å²) in [7, 11) is 0. The lowest BCUT2D eigenvalue weighted by Crippen LogP contribution is -2.61. The zero-order valence-corrected chi connectivity index (χ0v) is 24.2. The van der Waals surface area contributed by atoms with Gasteiger partial charge in [0.1, 0.15) is 23.5 Å². The summed E-state index contributed by atoms with van der Waals surface area (Å²) in [5.41, 5.74) is -4.10. The van der Waals surface area contributed by atoms with Gasteiger partial charge in [-0.05, 0) is 62.2 Å². The summed E-state index contributed by atoms with van der Waals surface area (Å²) in [6, 6.07) is -1.14. The van der Waals surface area contributed by atoms with Crippen molar-refractivity contribution in [1.82, 2.24) is 20.9 Å². The van der Waals surface area contributed by atoms with Crippen molar-refractivity contribution in [3.05, 3.63) is 0 Å². The van der Waals surface area contributed by atoms with E-state index in [1.54, 1.807) is 20.8 Å². The number of carbonyl (C=O) groups excluding carboxylic acids is 4. The summed E-state index contributed by atoms with van der Waals surface area (Å²) in [4.78, 5) is 54.0. The Morgan fingerprint density at radius 2 is 1.73 bits per heavy atom. The first-order valence-corrected chi connectivity index (χ1v) is 13.9. The molecule has 0 radical (unpaired) electrons. The predicted octanol–water partition coefficient (Wildman–Crippen LogP) is 2.66. The summed E-state index contributed by atoms with van der Waals surface area (Å²) in [5, 5.41) is 17.8. The number of alkyl halides is 3. The van der Waals surface area contributed by atoms with E-state index in [9.17, 15) is 37.6 Å². The van der Waals surface area contributed by atoms with Crippen molar-refractivity contribution in [2.45, 2.75) is 104 Å². The Morgan fingerprint density at radius 1 is 1.12 bits per heavy atom. The van der Waals surface area contributed by atoms with Gasteiger partial charge < -0.3 is 20.9 Å². The zero-order chi connectivity index (χ0) is 30.2. The summed E-state index contributed by atoms with van der Waals surface area (Å²) in [5.74, 6) is -3.23. The Balaban J connectivity index is 1.52. The smallest absolute Gasteiger partial charge is 0.350 e. The number of hydrogen-bond acceptors (Lipinski definition) is 5. The van der Waals surface area contributed by atoms with Crippen LogP contribution < -0.4 is 16.0 Å². The second-order valence-electron chi connectivity index (χ2n) is 14.4. The molecule has 6 atom stereocenters. The maximum absolute atomic E-state index is 13.9. The molecule has 9 nitrogen and oxygen atoms in total. The number of nitrogens with one attached hydrogen (secondary N) is 3. The fourth-order valence-corrected chi connectivity index (χ4v) is 6.40. The second-order valence-corrected chi connectivity index (χ2v) is 14.4. The lowest BCUT2D eigenvalue weighted by atomic mass is 9.83. The van der Waals surface area contributed by atoms with E-state index in [4.69, 9.17) is 0 Å². The van der Waals surface area contributed by atoms with Gasteiger partial charge in [0.05, 0.1) is 6.07 Å². The van der Waals surface area contributed by atoms with Gasteiger partial charge in [0, 0.05) is 18.0 Å². The van der Waals surface area contributed by atoms with E-state index >= 15 is 0 Å². The Morgan fingerprint density at radius 3 is 2.20 bits per heavy atom. The van der Waals surface area contributed by atoms with Gasteiger partial charge in [-0.1, -0.05) is 34.6 Å². The normalized spacial score (nSPS) is 29.6. The minimum atomic E-state index is -4.83. The average Bonchev–Trinajstić information content (AvgIpc) is 3.54. The molecule has 2 saturated carbocycles. The molecule has 0 aromatic heterocycles. The van der Waals surface area contributed by atoms with E-state index in [1.807, 2.05) is 13.8 Å². The molecule has 4 amide bonds. The number of nitrogens with zero attached hydrogens (tertiary/aromatic N) is 2. The SMILES string of the molecule is CC1(C)C2CN(C(=O)[C@@H](NC(=O)C(C)(C)C(F)(F)F)C(C)(C)C)C(C(=O)N[C@H](C#N)C[C@@H]3CC4(CC4)NC3=O)C21. The standard InChI is InChI=1S/C28H40F3N5O4/c1-24(2,3)19(34-23(40)26(6,7)28(29,30)31)22(39)36-13-16-17(25(16,4)5)18(36)21(38)33-15(12-32)10-14-11-27(8-9-27)35-20(14)37/h14-19H,8-11,13H2,1-7H3,(H,33,38)(H,34,40)(H,35,37)/t14-,15+,16?,17?,18?,19-/m1/s1. The molecule has 2 heterocycles. The highest BCUT2D eigenvalue weighted by Crippen LogP contribution is 2.65. The maximum Gasteiger partial charge on any atom is 0.402 e. The first kappa shape index (κ1) is 30.1. The molecule has 0 bridgehead atoms. The van der Waals surface area contributed by atoms with Gasteiger partial charge >= 0.3 is 6.18 Å². The molecule has 3 N–H and O–H groups in total. The van der Waals surface area contributed by atoms with Crippen molar-refractivity contribution in [2.24, 2.45) is 34.0 Å². The predicted molar refractivity (Wildman–Crippen MR) is 138 cm³/mol. The molecule has 3 unspecified atom stereocenters. The van der Waals surface area contributed by atoms with E-state index in [2.05, 4.69) is 22.0 Å². The summed E-state index contributed by atoms with van der Waals surface area (Å²) >= 11 is 0. The number of nitriles is 1. The van der Waals surface area contributed by atoms with Gasteiger partial charge in [-0.25, -0.2) is 0 Å². The van der Waals surface area contributed by atoms with Crippen molar-refractivity contribution >= 4 is 23.6 Å². The van der Waals surface area contributed by atoms with Gasteiger partial charge in [0.25, 0.3) is 0 Å². The number of halogens is 3. The van der Waals surface area contributed by atoms with Crippen molar-refractivity contribution in [1.29, 1.82) is 5.26 Å². The van der Waals surface area contributed by atoms with Gasteiger partial charge in [0.15, 0.2) is 0 Å². The van der Waals surface area contributed by atoms with Crippen LogP contribution in [0.1, 0.15) is 74.1 Å². The van der Waals surface area contributed by atoms with E-state index in [0.29, 0.717) is 6.42 Å². The molecule has 4 rings (SSSR count). The first-order chi connectivity index (χ1) is 18.2. The topological polar surface area (TPSA) is 131 Å². The Bertz CT molecular complexity index is 1150. The number of piperidine rings is 1. The molecule has 222 valence electrons. The van der Waals surface area contributed by atoms with Crippen LogP contribution in [0.25, 0.3) is 0 Å². The fourth-order valence-electron chi connectivity index (χ4n) is 6.40. The van der Waals surface area contributed by atoms with Crippen LogP contribution in [-0.2, 0) is 19.2 Å². The number of fused-ring (bicyclic) bond motifs is 1. The van der Waals surface area contributed by atoms with E-state index in [-0.39, 0.29) is 41.7 Å². The van der Waals surface area contributed by atoms with Crippen LogP contribution in [0.3, 0.4) is 0 Å². The minimum absolute atomic E-state index is 0.00833. The van der Waals surface area contributed by atoms with Crippen LogP contribution in [-0.4, -0.2) is 64.9 Å². The molecule has 40 heavy (non-hydrogen) atoms. The lowest BCUT2D eigenvalue weighted by Gasteiger charge is -2.39. The number of rotatable bonds is 7. The molecule has 12 heteroatoms. The summed E-state index contributed by atoms with van der Waals surface area (Å²) in [6.45, 7) is 10.6. The molecule has 0 aromatic carbocycles. The molecule has 1 spiro atoms. The Kier molecular flexibility index (Phi) is 7.04. The highest BCUT2D eigenvalue weighted by Gasteiger charge is 2.70. The number of likely N-dealkylation sites (tertiary alicyclic amines) is 1. The Hall–Kier alpha value is -2.84. The van der Waals surface area contributed by atoms with Crippen LogP contribution in [0.15, 0.2) is 0 Å². The number of amides is 4. The van der Waals surface area contributed by atoms with E-state index < -0.39 is 58.8 Å². The molecule has 2 saturated heterocycles. The van der Waals surface area contributed by atoms with E-state index in [0.717, 1.165) is 26.7 Å². The van der Waals surface area contributed by atoms with Gasteiger partial charge in [0.2, 0.25) is 23.6 Å². The van der Waals surface area contributed by atoms with Crippen LogP contribution in [0.5, 0.6) is 0 Å². The minimum Gasteiger partial charge on any atom is -0.350 e. The Labute approximate surface area is 233 Å². The average molecular weight is 568 g/mol. The molecule has 4 aliphatic rings. The van der Waals surface area contributed by atoms with Crippen LogP contribution >= 0.6 is 0 Å². The molecular weight excluding hydrogens is 527 g/mol. The van der Waals surface area contributed by atoms with Crippen LogP contribution in [0, 0.1) is 45.3 Å². The summed E-state index contributed by atoms with van der Waals surface area (Å²) < 4.78 is 40.7. The molecular formula is C28H40F3N5O4. The first-order valence-electron chi connectivity index (χ1n) is 13.9. The number of carbonyl (C=O) groups is 4. The lowest BCUT2D eigenvalue weighted by molar-refractivity contribution is -0.212. The van der Waals surface area contributed by atoms with E-state index in [1.165, 1.54) is 4.90 Å². The third-order valence-corrected chi connectivity index (χ3v) is 9.67. The van der Waals surface area contributed by atoms with Crippen molar-refractivity contribution in [3.8, 4) is 6.07 Å². The molecule has 2 aliphatic carbocycles. The second kappa shape index (κ2) is 9.35. The maximum atomic E-state index is 13.9. The van der Waals surface area contributed by atoms with Crippen molar-refractivity contribution in [2.75, 3.05) is 6.54 Å². The molecule has 0 aromatic rings.